The molecule has 0 N–H and O–H groups in total. The normalized spacial score (nSPS) is 10.6. The predicted octanol–water partition coefficient (Wildman–Crippen LogP) is 4.16. The van der Waals surface area contributed by atoms with Crippen LogP contribution in [0.15, 0.2) is 41.1 Å². The lowest BCUT2D eigenvalue weighted by atomic mass is 10.0. The fraction of sp³-hybridized carbons (Fsp3) is 0. The maximum absolute atomic E-state index is 13.9. The second kappa shape index (κ2) is 4.38. The lowest BCUT2D eigenvalue weighted by Crippen LogP contribution is -1.86. The third-order valence-electron chi connectivity index (χ3n) is 2.76. The average molecular weight is 273 g/mol. The molecule has 2 heterocycles. The number of halogens is 2. The minimum absolute atomic E-state index is 0.285. The molecule has 3 nitrogen and oxygen atoms in total. The molecular formula is C14H6ClFN2O. The van der Waals surface area contributed by atoms with E-state index in [1.165, 1.54) is 30.7 Å². The summed E-state index contributed by atoms with van der Waals surface area (Å²) in [6, 6.07) is 7.73. The first-order chi connectivity index (χ1) is 9.19. The molecule has 2 aromatic heterocycles. The topological polar surface area (TPSA) is 49.8 Å². The van der Waals surface area contributed by atoms with Crippen LogP contribution in [0.25, 0.3) is 22.2 Å². The largest absolute Gasteiger partial charge is 0.462 e. The lowest BCUT2D eigenvalue weighted by molar-refractivity contribution is 0.613. The third-order valence-corrected chi connectivity index (χ3v) is 2.97. The molecule has 0 spiro atoms. The first-order valence-electron chi connectivity index (χ1n) is 5.42. The highest BCUT2D eigenvalue weighted by molar-refractivity contribution is 6.31. The van der Waals surface area contributed by atoms with Crippen LogP contribution in [-0.2, 0) is 0 Å². The van der Waals surface area contributed by atoms with E-state index in [9.17, 15) is 4.39 Å². The van der Waals surface area contributed by atoms with Gasteiger partial charge in [0, 0.05) is 23.4 Å². The van der Waals surface area contributed by atoms with Crippen molar-refractivity contribution < 1.29 is 8.81 Å². The summed E-state index contributed by atoms with van der Waals surface area (Å²) in [6.45, 7) is 0. The minimum Gasteiger partial charge on any atom is -0.462 e. The second-order valence-corrected chi connectivity index (χ2v) is 4.39. The molecule has 0 unspecified atom stereocenters. The third kappa shape index (κ3) is 1.94. The molecule has 0 fully saturated rings. The predicted molar refractivity (Wildman–Crippen MR) is 69.1 cm³/mol. The van der Waals surface area contributed by atoms with E-state index >= 15 is 0 Å². The number of rotatable bonds is 1. The Morgan fingerprint density at radius 2 is 2.11 bits per heavy atom. The quantitative estimate of drug-likeness (QED) is 0.668. The van der Waals surface area contributed by atoms with Crippen LogP contribution in [0.4, 0.5) is 4.39 Å². The number of furan rings is 1. The summed E-state index contributed by atoms with van der Waals surface area (Å²) < 4.78 is 19.2. The van der Waals surface area contributed by atoms with Gasteiger partial charge in [-0.25, -0.2) is 4.39 Å². The van der Waals surface area contributed by atoms with Crippen molar-refractivity contribution in [2.45, 2.75) is 0 Å². The van der Waals surface area contributed by atoms with Crippen molar-refractivity contribution in [1.29, 1.82) is 5.26 Å². The maximum atomic E-state index is 13.9. The number of hydrogen-bond donors (Lipinski definition) is 0. The molecule has 5 heteroatoms. The molecule has 0 saturated heterocycles. The van der Waals surface area contributed by atoms with Gasteiger partial charge in [-0.3, -0.25) is 4.98 Å². The van der Waals surface area contributed by atoms with Gasteiger partial charge in [-0.2, -0.15) is 5.26 Å². The molecule has 1 aromatic carbocycles. The van der Waals surface area contributed by atoms with Gasteiger partial charge in [0.05, 0.1) is 16.7 Å². The van der Waals surface area contributed by atoms with Crippen LogP contribution in [0.3, 0.4) is 0 Å². The van der Waals surface area contributed by atoms with Crippen LogP contribution < -0.4 is 0 Å². The Hall–Kier alpha value is -2.38. The van der Waals surface area contributed by atoms with Gasteiger partial charge in [0.25, 0.3) is 0 Å². The van der Waals surface area contributed by atoms with Crippen molar-refractivity contribution in [2.24, 2.45) is 0 Å². The van der Waals surface area contributed by atoms with Crippen LogP contribution in [0.2, 0.25) is 5.02 Å². The molecule has 0 amide bonds. The Labute approximate surface area is 112 Å². The molecule has 0 aliphatic rings. The molecule has 3 rings (SSSR count). The van der Waals surface area contributed by atoms with Crippen molar-refractivity contribution in [2.75, 3.05) is 0 Å². The maximum Gasteiger partial charge on any atom is 0.154 e. The summed E-state index contributed by atoms with van der Waals surface area (Å²) in [4.78, 5) is 4.14. The highest BCUT2D eigenvalue weighted by atomic mass is 35.5. The van der Waals surface area contributed by atoms with Gasteiger partial charge >= 0.3 is 0 Å². The van der Waals surface area contributed by atoms with E-state index < -0.39 is 5.82 Å². The fourth-order valence-electron chi connectivity index (χ4n) is 1.88. The van der Waals surface area contributed by atoms with E-state index in [4.69, 9.17) is 21.3 Å². The SMILES string of the molecule is N#Cc1ccc(F)c(-c2coc3cc(Cl)cnc23)c1. The van der Waals surface area contributed by atoms with Crippen LogP contribution in [0.5, 0.6) is 0 Å². The first-order valence-corrected chi connectivity index (χ1v) is 5.79. The number of benzene rings is 1. The first kappa shape index (κ1) is 11.7. The Kier molecular flexibility index (Phi) is 2.69. The zero-order valence-corrected chi connectivity index (χ0v) is 10.3. The van der Waals surface area contributed by atoms with Crippen LogP contribution in [0, 0.1) is 17.1 Å². The van der Waals surface area contributed by atoms with Crippen molar-refractivity contribution in [3.8, 4) is 17.2 Å². The van der Waals surface area contributed by atoms with Crippen LogP contribution >= 0.6 is 11.6 Å². The molecule has 19 heavy (non-hydrogen) atoms. The summed E-state index contributed by atoms with van der Waals surface area (Å²) in [5, 5.41) is 9.32. The van der Waals surface area contributed by atoms with Gasteiger partial charge in [-0.05, 0) is 18.2 Å². The highest BCUT2D eigenvalue weighted by Crippen LogP contribution is 2.32. The second-order valence-electron chi connectivity index (χ2n) is 3.96. The molecule has 92 valence electrons. The van der Waals surface area contributed by atoms with Gasteiger partial charge in [-0.1, -0.05) is 11.6 Å². The Bertz CT molecular complexity index is 820. The van der Waals surface area contributed by atoms with E-state index in [0.29, 0.717) is 27.2 Å². The van der Waals surface area contributed by atoms with Gasteiger partial charge in [0.15, 0.2) is 5.58 Å². The van der Waals surface area contributed by atoms with Crippen molar-refractivity contribution in [3.05, 3.63) is 53.1 Å². The fourth-order valence-corrected chi connectivity index (χ4v) is 2.03. The summed E-state index contributed by atoms with van der Waals surface area (Å²) in [5.41, 5.74) is 2.15. The summed E-state index contributed by atoms with van der Waals surface area (Å²) in [6.07, 6.45) is 2.88. The van der Waals surface area contributed by atoms with E-state index in [0.717, 1.165) is 0 Å². The molecule has 0 radical (unpaired) electrons. The van der Waals surface area contributed by atoms with Gasteiger partial charge in [0.2, 0.25) is 0 Å². The Balaban J connectivity index is 2.28. The number of pyridine rings is 1. The van der Waals surface area contributed by atoms with E-state index in [2.05, 4.69) is 4.98 Å². The summed E-state index contributed by atoms with van der Waals surface area (Å²) >= 11 is 5.81. The van der Waals surface area contributed by atoms with Gasteiger partial charge in [-0.15, -0.1) is 0 Å². The summed E-state index contributed by atoms with van der Waals surface area (Å²) in [5.74, 6) is -0.432. The van der Waals surface area contributed by atoms with E-state index in [-0.39, 0.29) is 5.56 Å². The van der Waals surface area contributed by atoms with E-state index in [1.54, 1.807) is 6.07 Å². The Morgan fingerprint density at radius 3 is 2.89 bits per heavy atom. The highest BCUT2D eigenvalue weighted by Gasteiger charge is 2.14. The van der Waals surface area contributed by atoms with Crippen molar-refractivity contribution in [3.63, 3.8) is 0 Å². The summed E-state index contributed by atoms with van der Waals surface area (Å²) in [7, 11) is 0. The molecule has 0 bridgehead atoms. The van der Waals surface area contributed by atoms with Crippen molar-refractivity contribution >= 4 is 22.7 Å². The zero-order valence-electron chi connectivity index (χ0n) is 9.52. The van der Waals surface area contributed by atoms with Crippen LogP contribution in [-0.4, -0.2) is 4.98 Å². The lowest BCUT2D eigenvalue weighted by Gasteiger charge is -2.01. The number of nitriles is 1. The zero-order chi connectivity index (χ0) is 13.4. The standard InChI is InChI=1S/C14H6ClFN2O/c15-9-4-13-14(18-6-9)11(7-19-13)10-3-8(5-17)1-2-12(10)16/h1-4,6-7H. The molecule has 3 aromatic rings. The average Bonchev–Trinajstić information content (AvgIpc) is 2.82. The van der Waals surface area contributed by atoms with Gasteiger partial charge < -0.3 is 4.42 Å². The molecular weight excluding hydrogens is 267 g/mol. The van der Waals surface area contributed by atoms with Crippen molar-refractivity contribution in [1.82, 2.24) is 4.98 Å². The number of aromatic nitrogens is 1. The minimum atomic E-state index is -0.432. The molecule has 0 aliphatic heterocycles. The number of fused-ring (bicyclic) bond motifs is 1. The molecule has 0 saturated carbocycles. The van der Waals surface area contributed by atoms with E-state index in [1.807, 2.05) is 6.07 Å². The smallest absolute Gasteiger partial charge is 0.154 e. The molecule has 0 atom stereocenters. The Morgan fingerprint density at radius 1 is 1.26 bits per heavy atom. The van der Waals surface area contributed by atoms with Gasteiger partial charge in [0.1, 0.15) is 17.6 Å². The number of nitrogens with zero attached hydrogens (tertiary/aromatic N) is 2. The van der Waals surface area contributed by atoms with Crippen LogP contribution in [0.1, 0.15) is 5.56 Å². The monoisotopic (exact) mass is 272 g/mol. The molecule has 0 aliphatic carbocycles. The number of hydrogen-bond acceptors (Lipinski definition) is 3.